The molecule has 1 aromatic carbocycles. The molecule has 1 aromatic heterocycles. The number of hydrogen-bond donors (Lipinski definition) is 1. The van der Waals surface area contributed by atoms with Gasteiger partial charge < -0.3 is 10.1 Å². The molecule has 0 bridgehead atoms. The van der Waals surface area contributed by atoms with Crippen LogP contribution >= 0.6 is 0 Å². The molecule has 1 heterocycles. The van der Waals surface area contributed by atoms with Crippen molar-refractivity contribution in [2.75, 3.05) is 7.11 Å². The number of pyridine rings is 1. The number of nitrogens with zero attached hydrogens (tertiary/aromatic N) is 1. The second kappa shape index (κ2) is 15.0. The number of hydrogen-bond acceptors (Lipinski definition) is 3. The number of amides is 1. The molecule has 2 rings (SSSR count). The largest absolute Gasteiger partial charge is 0.497 e. The molecule has 172 valence electrons. The Hall–Kier alpha value is -2.88. The lowest BCUT2D eigenvalue weighted by molar-refractivity contribution is -0.117. The number of unbranched alkanes of at least 4 members (excludes halogenated alkanes) is 1. The van der Waals surface area contributed by atoms with Crippen LogP contribution in [0.3, 0.4) is 0 Å². The Morgan fingerprint density at radius 3 is 2.56 bits per heavy atom. The lowest BCUT2D eigenvalue weighted by atomic mass is 9.99. The van der Waals surface area contributed by atoms with Gasteiger partial charge in [-0.05, 0) is 73.4 Å². The van der Waals surface area contributed by atoms with E-state index in [0.717, 1.165) is 57.1 Å². The fourth-order valence-electron chi connectivity index (χ4n) is 3.73. The molecule has 0 fully saturated rings. The topological polar surface area (TPSA) is 51.2 Å². The molecule has 0 unspecified atom stereocenters. The van der Waals surface area contributed by atoms with Crippen LogP contribution in [0.4, 0.5) is 0 Å². The van der Waals surface area contributed by atoms with Gasteiger partial charge in [0.2, 0.25) is 5.91 Å². The summed E-state index contributed by atoms with van der Waals surface area (Å²) in [6.07, 6.45) is 17.6. The lowest BCUT2D eigenvalue weighted by Crippen LogP contribution is -2.33. The van der Waals surface area contributed by atoms with Crippen molar-refractivity contribution in [1.29, 1.82) is 0 Å². The zero-order valence-electron chi connectivity index (χ0n) is 19.8. The third-order valence-corrected chi connectivity index (χ3v) is 5.53. The van der Waals surface area contributed by atoms with Gasteiger partial charge in [-0.3, -0.25) is 9.78 Å². The monoisotopic (exact) mass is 434 g/mol. The van der Waals surface area contributed by atoms with Gasteiger partial charge in [-0.25, -0.2) is 0 Å². The molecule has 0 radical (unpaired) electrons. The maximum Gasteiger partial charge on any atom is 0.244 e. The molecule has 1 N–H and O–H groups in total. The third kappa shape index (κ3) is 9.51. The number of allylic oxidation sites excluding steroid dienone is 3. The molecule has 4 heteroatoms. The van der Waals surface area contributed by atoms with Crippen molar-refractivity contribution in [3.63, 3.8) is 0 Å². The highest BCUT2D eigenvalue weighted by Gasteiger charge is 2.10. The zero-order valence-corrected chi connectivity index (χ0v) is 19.8. The molecular weight excluding hydrogens is 396 g/mol. The van der Waals surface area contributed by atoms with Gasteiger partial charge in [-0.1, -0.05) is 57.0 Å². The van der Waals surface area contributed by atoms with Gasteiger partial charge in [0.1, 0.15) is 5.75 Å². The third-order valence-electron chi connectivity index (χ3n) is 5.53. The molecule has 2 aromatic rings. The summed E-state index contributed by atoms with van der Waals surface area (Å²) in [5.41, 5.74) is 3.65. The van der Waals surface area contributed by atoms with Crippen molar-refractivity contribution in [2.24, 2.45) is 0 Å². The predicted octanol–water partition coefficient (Wildman–Crippen LogP) is 6.53. The molecule has 0 saturated heterocycles. The highest BCUT2D eigenvalue weighted by molar-refractivity contribution is 5.88. The number of methoxy groups -OCH3 is 1. The predicted molar refractivity (Wildman–Crippen MR) is 134 cm³/mol. The van der Waals surface area contributed by atoms with E-state index >= 15 is 0 Å². The van der Waals surface area contributed by atoms with Gasteiger partial charge in [0.05, 0.1) is 7.11 Å². The van der Waals surface area contributed by atoms with E-state index in [9.17, 15) is 4.79 Å². The number of carbonyl (C=O) groups excluding carboxylic acids is 1. The van der Waals surface area contributed by atoms with Gasteiger partial charge in [0.15, 0.2) is 0 Å². The molecule has 1 atom stereocenters. The fourth-order valence-corrected chi connectivity index (χ4v) is 3.73. The first-order chi connectivity index (χ1) is 15.7. The average Bonchev–Trinajstić information content (AvgIpc) is 2.82. The lowest BCUT2D eigenvalue weighted by Gasteiger charge is -2.17. The van der Waals surface area contributed by atoms with E-state index in [1.54, 1.807) is 19.4 Å². The molecule has 0 aliphatic carbocycles. The highest BCUT2D eigenvalue weighted by Crippen LogP contribution is 2.23. The van der Waals surface area contributed by atoms with Crippen molar-refractivity contribution in [1.82, 2.24) is 10.3 Å². The minimum atomic E-state index is -0.0225. The van der Waals surface area contributed by atoms with Crippen LogP contribution in [-0.4, -0.2) is 24.0 Å². The molecule has 0 spiro atoms. The van der Waals surface area contributed by atoms with Crippen LogP contribution in [0.5, 0.6) is 5.75 Å². The Morgan fingerprint density at radius 1 is 1.09 bits per heavy atom. The van der Waals surface area contributed by atoms with Crippen molar-refractivity contribution >= 4 is 11.5 Å². The van der Waals surface area contributed by atoms with Gasteiger partial charge in [0.25, 0.3) is 0 Å². The normalized spacial score (nSPS) is 12.7. The molecule has 1 amide bonds. The quantitative estimate of drug-likeness (QED) is 0.272. The summed E-state index contributed by atoms with van der Waals surface area (Å²) >= 11 is 0. The number of benzene rings is 1. The zero-order chi connectivity index (χ0) is 23.0. The van der Waals surface area contributed by atoms with Crippen LogP contribution in [0.1, 0.15) is 69.9 Å². The summed E-state index contributed by atoms with van der Waals surface area (Å²) in [5, 5.41) is 3.19. The number of nitrogens with one attached hydrogen (secondary N) is 1. The number of carbonyl (C=O) groups is 1. The first kappa shape index (κ1) is 25.4. The first-order valence-corrected chi connectivity index (χ1v) is 11.9. The summed E-state index contributed by atoms with van der Waals surface area (Å²) in [6.45, 7) is 4.35. The van der Waals surface area contributed by atoms with Gasteiger partial charge in [-0.2, -0.15) is 0 Å². The van der Waals surface area contributed by atoms with Crippen LogP contribution < -0.4 is 10.1 Å². The molecule has 4 nitrogen and oxygen atoms in total. The number of aryl methyl sites for hydroxylation is 1. The number of aromatic nitrogens is 1. The molecule has 0 aliphatic rings. The molecule has 32 heavy (non-hydrogen) atoms. The minimum Gasteiger partial charge on any atom is -0.497 e. The first-order valence-electron chi connectivity index (χ1n) is 11.9. The molecular formula is C28H38N2O2. The van der Waals surface area contributed by atoms with Crippen LogP contribution in [0, 0.1) is 0 Å². The van der Waals surface area contributed by atoms with Crippen LogP contribution in [0.15, 0.2) is 67.0 Å². The van der Waals surface area contributed by atoms with E-state index in [1.807, 2.05) is 30.5 Å². The van der Waals surface area contributed by atoms with Gasteiger partial charge in [0, 0.05) is 24.5 Å². The van der Waals surface area contributed by atoms with Gasteiger partial charge >= 0.3 is 0 Å². The van der Waals surface area contributed by atoms with Crippen LogP contribution in [0.25, 0.3) is 5.57 Å². The van der Waals surface area contributed by atoms with E-state index in [-0.39, 0.29) is 11.9 Å². The van der Waals surface area contributed by atoms with Crippen LogP contribution in [-0.2, 0) is 11.2 Å². The summed E-state index contributed by atoms with van der Waals surface area (Å²) in [7, 11) is 1.68. The summed E-state index contributed by atoms with van der Waals surface area (Å²) in [4.78, 5) is 16.7. The van der Waals surface area contributed by atoms with E-state index in [0.29, 0.717) is 0 Å². The van der Waals surface area contributed by atoms with E-state index in [2.05, 4.69) is 48.4 Å². The Balaban J connectivity index is 1.93. The summed E-state index contributed by atoms with van der Waals surface area (Å²) in [6, 6.07) is 12.4. The Kier molecular flexibility index (Phi) is 11.9. The maximum atomic E-state index is 12.5. The Morgan fingerprint density at radius 2 is 1.91 bits per heavy atom. The van der Waals surface area contributed by atoms with Crippen molar-refractivity contribution < 1.29 is 9.53 Å². The second-order valence-electron chi connectivity index (χ2n) is 8.13. The number of rotatable bonds is 14. The second-order valence-corrected chi connectivity index (χ2v) is 8.13. The Labute approximate surface area is 193 Å². The maximum absolute atomic E-state index is 12.5. The molecule has 0 aliphatic heterocycles. The van der Waals surface area contributed by atoms with E-state index in [4.69, 9.17) is 4.74 Å². The van der Waals surface area contributed by atoms with Crippen molar-refractivity contribution in [3.05, 3.63) is 78.1 Å². The van der Waals surface area contributed by atoms with Crippen molar-refractivity contribution in [2.45, 2.75) is 71.3 Å². The summed E-state index contributed by atoms with van der Waals surface area (Å²) in [5.74, 6) is 0.828. The number of ether oxygens (including phenoxy) is 1. The fraction of sp³-hybridized carbons (Fsp3) is 0.429. The van der Waals surface area contributed by atoms with Crippen molar-refractivity contribution in [3.8, 4) is 5.75 Å². The highest BCUT2D eigenvalue weighted by atomic mass is 16.5. The van der Waals surface area contributed by atoms with E-state index < -0.39 is 0 Å². The molecule has 0 saturated carbocycles. The van der Waals surface area contributed by atoms with Crippen LogP contribution in [0.2, 0.25) is 0 Å². The Bertz CT molecular complexity index is 841. The van der Waals surface area contributed by atoms with Gasteiger partial charge in [-0.15, -0.1) is 0 Å². The minimum absolute atomic E-state index is 0.0225. The van der Waals surface area contributed by atoms with E-state index in [1.165, 1.54) is 16.7 Å². The summed E-state index contributed by atoms with van der Waals surface area (Å²) < 4.78 is 5.26. The SMILES string of the molecule is CCCCC(=CC=CC(=O)N[C@H](CCC)CCCc1cccnc1)c1ccc(OC)cc1. The smallest absolute Gasteiger partial charge is 0.244 e. The average molecular weight is 435 g/mol. The standard InChI is InChI=1S/C28H38N2O2/c1-4-6-13-24(25-17-19-27(32-3)20-18-25)14-8-16-28(31)30-26(10-5-2)15-7-11-23-12-9-21-29-22-23/h8-9,12,14,16-22,26H,4-7,10-11,13,15H2,1-3H3,(H,30,31)/t26-/m1/s1.